The van der Waals surface area contributed by atoms with Gasteiger partial charge in [0.15, 0.2) is 5.78 Å². The molecule has 2 bridgehead atoms. The minimum Gasteiger partial charge on any atom is -0.294 e. The average Bonchev–Trinajstić information content (AvgIpc) is 2.67. The maximum Gasteiger partial charge on any atom is 0.165 e. The van der Waals surface area contributed by atoms with E-state index in [4.69, 9.17) is 1.37 Å². The lowest BCUT2D eigenvalue weighted by atomic mass is 9.65. The molecule has 0 aromatic heterocycles. The summed E-state index contributed by atoms with van der Waals surface area (Å²) in [6.07, 6.45) is 1.95. The molecule has 0 N–H and O–H groups in total. The van der Waals surface area contributed by atoms with E-state index < -0.39 is 0 Å². The molecule has 0 saturated heterocycles. The van der Waals surface area contributed by atoms with Gasteiger partial charge in [0.25, 0.3) is 0 Å². The van der Waals surface area contributed by atoms with E-state index in [1.807, 2.05) is 30.3 Å². The molecule has 2 aliphatic rings. The Morgan fingerprint density at radius 2 is 1.63 bits per heavy atom. The van der Waals surface area contributed by atoms with Gasteiger partial charge in [-0.25, -0.2) is 0 Å². The van der Waals surface area contributed by atoms with Crippen LogP contribution in [0.5, 0.6) is 0 Å². The van der Waals surface area contributed by atoms with Crippen LogP contribution >= 0.6 is 0 Å². The summed E-state index contributed by atoms with van der Waals surface area (Å²) in [5, 5.41) is 0. The molecule has 1 aromatic rings. The molecular weight excluding hydrogens is 232 g/mol. The van der Waals surface area contributed by atoms with Crippen molar-refractivity contribution in [3.8, 4) is 0 Å². The molecule has 0 amide bonds. The van der Waals surface area contributed by atoms with Gasteiger partial charge < -0.3 is 0 Å². The Morgan fingerprint density at radius 1 is 1.05 bits per heavy atom. The number of carbonyl (C=O) groups excluding carboxylic acids is 1. The van der Waals surface area contributed by atoms with Crippen LogP contribution in [-0.2, 0) is 4.79 Å². The van der Waals surface area contributed by atoms with E-state index in [9.17, 15) is 4.79 Å². The van der Waals surface area contributed by atoms with Gasteiger partial charge in [-0.15, -0.1) is 0 Å². The molecular formula is C18H22O. The highest BCUT2D eigenvalue weighted by Crippen LogP contribution is 2.72. The van der Waals surface area contributed by atoms with Crippen LogP contribution in [0.15, 0.2) is 35.9 Å². The van der Waals surface area contributed by atoms with Crippen molar-refractivity contribution < 1.29 is 6.17 Å². The first-order chi connectivity index (χ1) is 9.26. The third kappa shape index (κ3) is 1.34. The molecule has 100 valence electrons. The van der Waals surface area contributed by atoms with Gasteiger partial charge in [-0.05, 0) is 29.9 Å². The number of hydrogen-bond donors (Lipinski definition) is 0. The van der Waals surface area contributed by atoms with Gasteiger partial charge in [0.2, 0.25) is 0 Å². The zero-order valence-corrected chi connectivity index (χ0v) is 12.2. The zero-order chi connectivity index (χ0) is 14.8. The molecule has 0 radical (unpaired) electrons. The Hall–Kier alpha value is -1.37. The SMILES string of the molecule is [2H]C(=C1C(=O)C2(C)CCC1(C)C2(C)C)c1ccccc1. The number of ketones is 1. The molecule has 1 nitrogen and oxygen atoms in total. The van der Waals surface area contributed by atoms with Crippen LogP contribution < -0.4 is 0 Å². The second-order valence-electron chi connectivity index (χ2n) is 6.98. The zero-order valence-electron chi connectivity index (χ0n) is 13.2. The Morgan fingerprint density at radius 3 is 2.16 bits per heavy atom. The van der Waals surface area contributed by atoms with Crippen LogP contribution in [0, 0.1) is 16.2 Å². The fraction of sp³-hybridized carbons (Fsp3) is 0.500. The van der Waals surface area contributed by atoms with Crippen molar-refractivity contribution in [2.75, 3.05) is 0 Å². The second-order valence-corrected chi connectivity index (χ2v) is 6.98. The van der Waals surface area contributed by atoms with Gasteiger partial charge in [0, 0.05) is 16.4 Å². The molecule has 3 rings (SSSR count). The number of rotatable bonds is 1. The topological polar surface area (TPSA) is 17.1 Å². The Bertz CT molecular complexity index is 614. The quantitative estimate of drug-likeness (QED) is 0.676. The number of Topliss-reactive ketones (excluding diaryl/α,β-unsaturated/α-hetero) is 1. The molecule has 1 aromatic carbocycles. The Kier molecular flexibility index (Phi) is 2.17. The average molecular weight is 255 g/mol. The molecule has 2 atom stereocenters. The number of carbonyl (C=O) groups is 1. The lowest BCUT2D eigenvalue weighted by Crippen LogP contribution is -2.34. The van der Waals surface area contributed by atoms with Gasteiger partial charge in [-0.2, -0.15) is 0 Å². The van der Waals surface area contributed by atoms with E-state index in [2.05, 4.69) is 27.7 Å². The lowest BCUT2D eigenvalue weighted by Gasteiger charge is -2.37. The van der Waals surface area contributed by atoms with Crippen molar-refractivity contribution in [2.24, 2.45) is 16.2 Å². The van der Waals surface area contributed by atoms with Crippen molar-refractivity contribution in [3.05, 3.63) is 41.5 Å². The minimum absolute atomic E-state index is 0.0759. The van der Waals surface area contributed by atoms with Crippen LogP contribution in [0.25, 0.3) is 6.05 Å². The summed E-state index contributed by atoms with van der Waals surface area (Å²) < 4.78 is 8.54. The largest absolute Gasteiger partial charge is 0.294 e. The summed E-state index contributed by atoms with van der Waals surface area (Å²) in [7, 11) is 0. The maximum absolute atomic E-state index is 12.9. The van der Waals surface area contributed by atoms with Crippen LogP contribution in [0.4, 0.5) is 0 Å². The smallest absolute Gasteiger partial charge is 0.165 e. The Balaban J connectivity index is 2.25. The predicted molar refractivity (Wildman–Crippen MR) is 78.7 cm³/mol. The summed E-state index contributed by atoms with van der Waals surface area (Å²) in [4.78, 5) is 12.9. The Labute approximate surface area is 117 Å². The molecule has 0 heterocycles. The van der Waals surface area contributed by atoms with E-state index in [1.165, 1.54) is 0 Å². The molecule has 19 heavy (non-hydrogen) atoms. The van der Waals surface area contributed by atoms with E-state index >= 15 is 0 Å². The fourth-order valence-corrected chi connectivity index (χ4v) is 3.96. The van der Waals surface area contributed by atoms with Gasteiger partial charge in [0.1, 0.15) is 0 Å². The summed E-state index contributed by atoms with van der Waals surface area (Å²) >= 11 is 0. The molecule has 2 saturated carbocycles. The van der Waals surface area contributed by atoms with Gasteiger partial charge in [0.05, 0.1) is 1.37 Å². The number of hydrogen-bond acceptors (Lipinski definition) is 1. The molecule has 0 aliphatic heterocycles. The van der Waals surface area contributed by atoms with Gasteiger partial charge in [-0.3, -0.25) is 4.79 Å². The lowest BCUT2D eigenvalue weighted by molar-refractivity contribution is -0.125. The van der Waals surface area contributed by atoms with Gasteiger partial charge >= 0.3 is 0 Å². The number of allylic oxidation sites excluding steroid dienone is 1. The maximum atomic E-state index is 12.9. The van der Waals surface area contributed by atoms with E-state index in [0.717, 1.165) is 24.0 Å². The van der Waals surface area contributed by atoms with Crippen molar-refractivity contribution in [1.82, 2.24) is 0 Å². The standard InChI is InChI=1S/C18H22O/c1-16(2)17(3)10-11-18(16,4)15(19)14(17)12-13-8-6-5-7-9-13/h5-9,12H,10-11H2,1-4H3/i12D. The highest BCUT2D eigenvalue weighted by atomic mass is 16.1. The minimum atomic E-state index is -0.307. The van der Waals surface area contributed by atoms with Crippen LogP contribution in [0.2, 0.25) is 0 Å². The third-order valence-corrected chi connectivity index (χ3v) is 6.21. The van der Waals surface area contributed by atoms with E-state index in [1.54, 1.807) is 0 Å². The van der Waals surface area contributed by atoms with Gasteiger partial charge in [-0.1, -0.05) is 58.0 Å². The fourth-order valence-electron chi connectivity index (χ4n) is 3.96. The summed E-state index contributed by atoms with van der Waals surface area (Å²) in [6, 6.07) is 10.1. The van der Waals surface area contributed by atoms with Crippen molar-refractivity contribution in [3.63, 3.8) is 0 Å². The van der Waals surface area contributed by atoms with Crippen molar-refractivity contribution >= 4 is 11.8 Å². The normalized spacial score (nSPS) is 39.4. The first kappa shape index (κ1) is 11.5. The molecule has 2 aliphatic carbocycles. The van der Waals surface area contributed by atoms with E-state index in [-0.39, 0.29) is 22.0 Å². The molecule has 2 unspecified atom stereocenters. The van der Waals surface area contributed by atoms with Crippen LogP contribution in [0.3, 0.4) is 0 Å². The second kappa shape index (κ2) is 3.59. The highest BCUT2D eigenvalue weighted by Gasteiger charge is 2.69. The first-order valence-corrected chi connectivity index (χ1v) is 7.07. The molecule has 2 fully saturated rings. The monoisotopic (exact) mass is 255 g/mol. The van der Waals surface area contributed by atoms with Crippen molar-refractivity contribution in [2.45, 2.75) is 40.5 Å². The summed E-state index contributed by atoms with van der Waals surface area (Å²) in [5.74, 6) is 0.199. The van der Waals surface area contributed by atoms with Crippen LogP contribution in [-0.4, -0.2) is 5.78 Å². The molecule has 0 spiro atoms. The summed E-state index contributed by atoms with van der Waals surface area (Å²) in [6.45, 7) is 8.66. The molecule has 1 heteroatoms. The van der Waals surface area contributed by atoms with Crippen molar-refractivity contribution in [1.29, 1.82) is 0 Å². The summed E-state index contributed by atoms with van der Waals surface area (Å²) in [5.41, 5.74) is 1.05. The number of benzene rings is 1. The third-order valence-electron chi connectivity index (χ3n) is 6.21. The highest BCUT2D eigenvalue weighted by molar-refractivity contribution is 6.09. The van der Waals surface area contributed by atoms with E-state index in [0.29, 0.717) is 6.05 Å². The van der Waals surface area contributed by atoms with Crippen LogP contribution in [0.1, 0.15) is 47.5 Å². The predicted octanol–water partition coefficient (Wildman–Crippen LogP) is 4.49. The first-order valence-electron chi connectivity index (χ1n) is 7.57. The number of fused-ring (bicyclic) bond motifs is 2.